The fourth-order valence-electron chi connectivity index (χ4n) is 6.10. The molecule has 5 nitrogen and oxygen atoms in total. The third-order valence-electron chi connectivity index (χ3n) is 8.38. The van der Waals surface area contributed by atoms with Crippen LogP contribution in [0.25, 0.3) is 94.7 Å². The third-order valence-corrected chi connectivity index (χ3v) is 8.38. The van der Waals surface area contributed by atoms with Crippen molar-refractivity contribution >= 4 is 43.7 Å². The lowest BCUT2D eigenvalue weighted by molar-refractivity contribution is 0.669. The highest BCUT2D eigenvalue weighted by Gasteiger charge is 2.20. The second-order valence-corrected chi connectivity index (χ2v) is 11.3. The fraction of sp³-hybridized carbons (Fsp3) is 0. The number of hydrogen-bond donors (Lipinski definition) is 0. The molecule has 0 aliphatic carbocycles. The van der Waals surface area contributed by atoms with E-state index in [0.29, 0.717) is 11.1 Å². The van der Waals surface area contributed by atoms with Crippen LogP contribution in [0.2, 0.25) is 0 Å². The predicted molar refractivity (Wildman–Crippen MR) is 203 cm³/mol. The zero-order chi connectivity index (χ0) is 46.1. The Kier molecular flexibility index (Phi) is 3.87. The largest absolute Gasteiger partial charge is 0.456 e. The number of benzene rings is 7. The molecule has 0 N–H and O–H groups in total. The fourth-order valence-corrected chi connectivity index (χ4v) is 6.10. The first-order chi connectivity index (χ1) is 31.0. The van der Waals surface area contributed by atoms with Crippen molar-refractivity contribution in [3.8, 4) is 51.0 Å². The highest BCUT2D eigenvalue weighted by atomic mass is 16.3. The molecule has 5 heteroatoms. The lowest BCUT2D eigenvalue weighted by Gasteiger charge is -2.16. The molecule has 0 bridgehead atoms. The first-order valence-corrected chi connectivity index (χ1v) is 15.5. The molecular formula is C45H28N4O. The minimum absolute atomic E-state index is 0.0242. The minimum Gasteiger partial charge on any atom is -0.456 e. The number of para-hydroxylation sites is 3. The molecule has 50 heavy (non-hydrogen) atoms. The number of furan rings is 1. The Morgan fingerprint density at radius 2 is 1.02 bits per heavy atom. The van der Waals surface area contributed by atoms with E-state index in [2.05, 4.69) is 0 Å². The smallest absolute Gasteiger partial charge is 0.166 e. The van der Waals surface area contributed by atoms with Crippen molar-refractivity contribution in [3.63, 3.8) is 0 Å². The Hall–Kier alpha value is -6.85. The summed E-state index contributed by atoms with van der Waals surface area (Å²) in [6, 6.07) is 14.3. The van der Waals surface area contributed by atoms with Crippen molar-refractivity contribution in [1.29, 1.82) is 0 Å². The standard InChI is InChI=1S/C45H28N4O/c1-3-13-29(14-4-1)43-46-44(30-15-5-2-6-16-30)48-45(47-43)37-27-31(32-23-25-36-35-19-9-12-22-41(35)50-42(36)28-32)24-26-40(37)49-38-20-10-7-17-33(38)34-18-8-11-21-39(34)49/h1-28H/i7D,8D,9D,10D,11D,12D,17D,18D,19D,20D,21D,22D,23D,25D,28D. The van der Waals surface area contributed by atoms with Crippen LogP contribution >= 0.6 is 0 Å². The highest BCUT2D eigenvalue weighted by molar-refractivity contribution is 6.10. The molecule has 10 rings (SSSR count). The van der Waals surface area contributed by atoms with Crippen LogP contribution in [0.15, 0.2) is 174 Å². The molecule has 234 valence electrons. The molecule has 3 aromatic heterocycles. The summed E-state index contributed by atoms with van der Waals surface area (Å²) in [6.07, 6.45) is 0. The maximum Gasteiger partial charge on any atom is 0.166 e. The van der Waals surface area contributed by atoms with Gasteiger partial charge in [-0.2, -0.15) is 0 Å². The summed E-state index contributed by atoms with van der Waals surface area (Å²) in [7, 11) is 0. The molecule has 3 heterocycles. The van der Waals surface area contributed by atoms with Gasteiger partial charge in [-0.15, -0.1) is 0 Å². The molecule has 0 unspecified atom stereocenters. The normalized spacial score (nSPS) is 15.8. The number of aromatic nitrogens is 4. The van der Waals surface area contributed by atoms with Gasteiger partial charge in [0.05, 0.1) is 37.3 Å². The Balaban J connectivity index is 1.38. The van der Waals surface area contributed by atoms with Crippen LogP contribution in [-0.2, 0) is 0 Å². The lowest BCUT2D eigenvalue weighted by atomic mass is 9.99. The molecular weight excluding hydrogens is 613 g/mol. The van der Waals surface area contributed by atoms with E-state index >= 15 is 0 Å². The van der Waals surface area contributed by atoms with Crippen molar-refractivity contribution in [3.05, 3.63) is 169 Å². The third kappa shape index (κ3) is 4.60. The number of fused-ring (bicyclic) bond motifs is 6. The van der Waals surface area contributed by atoms with E-state index in [1.807, 2.05) is 12.1 Å². The molecule has 0 saturated heterocycles. The Labute approximate surface area is 308 Å². The van der Waals surface area contributed by atoms with Gasteiger partial charge in [0.25, 0.3) is 0 Å². The number of nitrogens with zero attached hydrogens (tertiary/aromatic N) is 4. The van der Waals surface area contributed by atoms with Crippen LogP contribution in [-0.4, -0.2) is 19.5 Å². The molecule has 0 fully saturated rings. The van der Waals surface area contributed by atoms with Crippen molar-refractivity contribution in [1.82, 2.24) is 19.5 Å². The van der Waals surface area contributed by atoms with Gasteiger partial charge in [0.15, 0.2) is 17.5 Å². The Morgan fingerprint density at radius 3 is 1.68 bits per heavy atom. The maximum atomic E-state index is 9.43. The average molecular weight is 656 g/mol. The van der Waals surface area contributed by atoms with Gasteiger partial charge in [-0.25, -0.2) is 15.0 Å². The molecule has 10 aromatic rings. The van der Waals surface area contributed by atoms with Gasteiger partial charge in [-0.3, -0.25) is 0 Å². The SMILES string of the molecule is [2H]c1c([2H])c([2H])c2c(oc3c([2H])c(-c4ccc(-n5c6c([2H])c([2H])c([2H])c([2H])c6c6c([2H])c([2H])c([2H])c([2H])c65)c(-c5nc(-c6ccccc6)nc(-c6ccccc6)n5)c4)c([2H])c([2H])c32)c1[2H]. The first kappa shape index (κ1) is 17.0. The molecule has 0 saturated carbocycles. The summed E-state index contributed by atoms with van der Waals surface area (Å²) < 4.78 is 140. The molecule has 0 aliphatic heterocycles. The van der Waals surface area contributed by atoms with Crippen LogP contribution < -0.4 is 0 Å². The van der Waals surface area contributed by atoms with Crippen LogP contribution in [0.4, 0.5) is 0 Å². The summed E-state index contributed by atoms with van der Waals surface area (Å²) in [4.78, 5) is 14.6. The molecule has 0 amide bonds. The van der Waals surface area contributed by atoms with Gasteiger partial charge in [-0.1, -0.05) is 127 Å². The van der Waals surface area contributed by atoms with E-state index in [4.69, 9.17) is 34.4 Å². The van der Waals surface area contributed by atoms with Crippen molar-refractivity contribution in [2.24, 2.45) is 0 Å². The van der Waals surface area contributed by atoms with Gasteiger partial charge in [0, 0.05) is 38.2 Å². The molecule has 0 atom stereocenters. The predicted octanol–water partition coefficient (Wildman–Crippen LogP) is 11.5. The van der Waals surface area contributed by atoms with Crippen molar-refractivity contribution in [2.75, 3.05) is 0 Å². The lowest BCUT2D eigenvalue weighted by Crippen LogP contribution is -2.04. The molecule has 0 spiro atoms. The topological polar surface area (TPSA) is 56.7 Å². The zero-order valence-corrected chi connectivity index (χ0v) is 25.7. The summed E-state index contributed by atoms with van der Waals surface area (Å²) in [6.45, 7) is 0. The summed E-state index contributed by atoms with van der Waals surface area (Å²) in [5.74, 6) is 0.413. The van der Waals surface area contributed by atoms with Crippen molar-refractivity contribution in [2.45, 2.75) is 0 Å². The number of hydrogen-bond acceptors (Lipinski definition) is 4. The van der Waals surface area contributed by atoms with Gasteiger partial charge in [0.2, 0.25) is 0 Å². The summed E-state index contributed by atoms with van der Waals surface area (Å²) in [5, 5.41) is -0.616. The quantitative estimate of drug-likeness (QED) is 0.185. The van der Waals surface area contributed by atoms with Crippen LogP contribution in [0.1, 0.15) is 20.6 Å². The monoisotopic (exact) mass is 655 g/mol. The number of rotatable bonds is 5. The van der Waals surface area contributed by atoms with Crippen LogP contribution in [0.5, 0.6) is 0 Å². The second kappa shape index (κ2) is 11.4. The average Bonchev–Trinajstić information content (AvgIpc) is 3.91. The van der Waals surface area contributed by atoms with E-state index in [0.717, 1.165) is 0 Å². The Morgan fingerprint density at radius 1 is 0.460 bits per heavy atom. The maximum absolute atomic E-state index is 9.43. The zero-order valence-electron chi connectivity index (χ0n) is 40.7. The molecule has 0 radical (unpaired) electrons. The first-order valence-electron chi connectivity index (χ1n) is 23.0. The molecule has 0 aliphatic rings. The van der Waals surface area contributed by atoms with E-state index < -0.39 is 90.6 Å². The highest BCUT2D eigenvalue weighted by Crippen LogP contribution is 2.39. The summed E-state index contributed by atoms with van der Waals surface area (Å²) >= 11 is 0. The van der Waals surface area contributed by atoms with Crippen LogP contribution in [0.3, 0.4) is 0 Å². The Bertz CT molecular complexity index is 3590. The van der Waals surface area contributed by atoms with E-state index in [-0.39, 0.29) is 83.6 Å². The van der Waals surface area contributed by atoms with Crippen molar-refractivity contribution < 1.29 is 25.0 Å². The van der Waals surface area contributed by atoms with E-state index in [9.17, 15) is 5.48 Å². The van der Waals surface area contributed by atoms with Gasteiger partial charge in [-0.05, 0) is 53.5 Å². The van der Waals surface area contributed by atoms with E-state index in [1.54, 1.807) is 48.5 Å². The second-order valence-electron chi connectivity index (χ2n) is 11.3. The summed E-state index contributed by atoms with van der Waals surface area (Å²) in [5.41, 5.74) is 0.442. The molecule has 7 aromatic carbocycles. The van der Waals surface area contributed by atoms with Gasteiger partial charge >= 0.3 is 0 Å². The van der Waals surface area contributed by atoms with Crippen LogP contribution in [0, 0.1) is 0 Å². The van der Waals surface area contributed by atoms with Gasteiger partial charge in [0.1, 0.15) is 11.2 Å². The van der Waals surface area contributed by atoms with E-state index in [1.165, 1.54) is 22.8 Å². The van der Waals surface area contributed by atoms with Gasteiger partial charge < -0.3 is 8.98 Å². The minimum atomic E-state index is -0.626.